The molecule has 0 heteroatoms. The third kappa shape index (κ3) is 2.37. The molecule has 0 saturated heterocycles. The molecule has 0 saturated carbocycles. The summed E-state index contributed by atoms with van der Waals surface area (Å²) in [6.07, 6.45) is 10.6. The molecule has 0 nitrogen and oxygen atoms in total. The Morgan fingerprint density at radius 3 is 2.58 bits per heavy atom. The largest absolute Gasteiger partial charge is 0.0847 e. The van der Waals surface area contributed by atoms with Crippen molar-refractivity contribution in [1.29, 1.82) is 0 Å². The SMILES string of the molecule is C/C=C(C)\C=C/C1=C(C)CCC1. The molecule has 66 valence electrons. The van der Waals surface area contributed by atoms with Crippen molar-refractivity contribution in [2.24, 2.45) is 0 Å². The van der Waals surface area contributed by atoms with E-state index in [0.29, 0.717) is 0 Å². The van der Waals surface area contributed by atoms with E-state index in [0.717, 1.165) is 0 Å². The lowest BCUT2D eigenvalue weighted by Crippen LogP contribution is -1.74. The van der Waals surface area contributed by atoms with Crippen LogP contribution in [0.15, 0.2) is 34.9 Å². The van der Waals surface area contributed by atoms with Gasteiger partial charge < -0.3 is 0 Å². The predicted octanol–water partition coefficient (Wildman–Crippen LogP) is 4.01. The van der Waals surface area contributed by atoms with E-state index in [1.807, 2.05) is 0 Å². The van der Waals surface area contributed by atoms with Crippen LogP contribution in [0.5, 0.6) is 0 Å². The standard InChI is InChI=1S/C12H18/c1-4-10(2)8-9-12-7-5-6-11(12)3/h4,8-9H,5-7H2,1-3H3/b9-8-,10-4-. The Bertz CT molecular complexity index is 239. The van der Waals surface area contributed by atoms with Crippen molar-refractivity contribution in [3.63, 3.8) is 0 Å². The third-order valence-corrected chi connectivity index (χ3v) is 2.55. The minimum absolute atomic E-state index is 1.28. The summed E-state index contributed by atoms with van der Waals surface area (Å²) in [5.41, 5.74) is 4.48. The molecular weight excluding hydrogens is 144 g/mol. The minimum atomic E-state index is 1.28. The zero-order valence-corrected chi connectivity index (χ0v) is 8.35. The fourth-order valence-electron chi connectivity index (χ4n) is 1.47. The zero-order chi connectivity index (χ0) is 8.97. The molecule has 0 radical (unpaired) electrons. The van der Waals surface area contributed by atoms with Crippen LogP contribution in [0.3, 0.4) is 0 Å². The van der Waals surface area contributed by atoms with Gasteiger partial charge in [-0.1, -0.05) is 29.4 Å². The Kier molecular flexibility index (Phi) is 3.33. The topological polar surface area (TPSA) is 0 Å². The quantitative estimate of drug-likeness (QED) is 0.538. The normalized spacial score (nSPS) is 19.8. The van der Waals surface area contributed by atoms with E-state index in [1.165, 1.54) is 24.8 Å². The summed E-state index contributed by atoms with van der Waals surface area (Å²) in [6.45, 7) is 6.47. The smallest absolute Gasteiger partial charge is 0.0276 e. The summed E-state index contributed by atoms with van der Waals surface area (Å²) >= 11 is 0. The molecule has 0 spiro atoms. The minimum Gasteiger partial charge on any atom is -0.0847 e. The van der Waals surface area contributed by atoms with Crippen LogP contribution in [0.4, 0.5) is 0 Å². The molecule has 0 aromatic heterocycles. The molecule has 0 atom stereocenters. The summed E-state index contributed by atoms with van der Waals surface area (Å²) in [7, 11) is 0. The van der Waals surface area contributed by atoms with Crippen LogP contribution in [-0.4, -0.2) is 0 Å². The van der Waals surface area contributed by atoms with E-state index in [-0.39, 0.29) is 0 Å². The fraction of sp³-hybridized carbons (Fsp3) is 0.500. The van der Waals surface area contributed by atoms with Gasteiger partial charge in [0.15, 0.2) is 0 Å². The molecule has 0 heterocycles. The van der Waals surface area contributed by atoms with Gasteiger partial charge >= 0.3 is 0 Å². The van der Waals surface area contributed by atoms with Gasteiger partial charge in [-0.3, -0.25) is 0 Å². The lowest BCUT2D eigenvalue weighted by Gasteiger charge is -1.94. The van der Waals surface area contributed by atoms with Crippen molar-refractivity contribution in [3.8, 4) is 0 Å². The second kappa shape index (κ2) is 4.30. The lowest BCUT2D eigenvalue weighted by molar-refractivity contribution is 0.899. The Labute approximate surface area is 75.7 Å². The Hall–Kier alpha value is -0.780. The monoisotopic (exact) mass is 162 g/mol. The summed E-state index contributed by atoms with van der Waals surface area (Å²) in [6, 6.07) is 0. The summed E-state index contributed by atoms with van der Waals surface area (Å²) in [5.74, 6) is 0. The number of hydrogen-bond donors (Lipinski definition) is 0. The lowest BCUT2D eigenvalue weighted by atomic mass is 10.1. The van der Waals surface area contributed by atoms with Crippen LogP contribution in [0.25, 0.3) is 0 Å². The van der Waals surface area contributed by atoms with Crippen LogP contribution in [-0.2, 0) is 0 Å². The van der Waals surface area contributed by atoms with Gasteiger partial charge in [-0.2, -0.15) is 0 Å². The van der Waals surface area contributed by atoms with Gasteiger partial charge in [-0.25, -0.2) is 0 Å². The Balaban J connectivity index is 2.62. The molecule has 0 aliphatic heterocycles. The maximum atomic E-state index is 2.28. The van der Waals surface area contributed by atoms with Crippen LogP contribution in [0, 0.1) is 0 Å². The molecule has 1 rings (SSSR count). The Morgan fingerprint density at radius 2 is 2.08 bits per heavy atom. The van der Waals surface area contributed by atoms with Crippen molar-refractivity contribution in [1.82, 2.24) is 0 Å². The highest BCUT2D eigenvalue weighted by Crippen LogP contribution is 2.26. The first-order valence-corrected chi connectivity index (χ1v) is 4.73. The van der Waals surface area contributed by atoms with Crippen molar-refractivity contribution in [2.75, 3.05) is 0 Å². The molecular formula is C12H18. The van der Waals surface area contributed by atoms with E-state index in [1.54, 1.807) is 11.1 Å². The van der Waals surface area contributed by atoms with Crippen molar-refractivity contribution in [2.45, 2.75) is 40.0 Å². The van der Waals surface area contributed by atoms with E-state index in [9.17, 15) is 0 Å². The van der Waals surface area contributed by atoms with Gasteiger partial charge in [0.05, 0.1) is 0 Å². The fourth-order valence-corrected chi connectivity index (χ4v) is 1.47. The maximum Gasteiger partial charge on any atom is -0.0276 e. The first-order valence-electron chi connectivity index (χ1n) is 4.73. The molecule has 0 aromatic carbocycles. The summed E-state index contributed by atoms with van der Waals surface area (Å²) in [5, 5.41) is 0. The van der Waals surface area contributed by atoms with Gasteiger partial charge in [0.2, 0.25) is 0 Å². The molecule has 0 amide bonds. The second-order valence-corrected chi connectivity index (χ2v) is 3.53. The Morgan fingerprint density at radius 1 is 1.33 bits per heavy atom. The average molecular weight is 162 g/mol. The molecule has 1 aliphatic rings. The highest BCUT2D eigenvalue weighted by molar-refractivity contribution is 5.32. The summed E-state index contributed by atoms with van der Waals surface area (Å²) in [4.78, 5) is 0. The van der Waals surface area contributed by atoms with E-state index in [4.69, 9.17) is 0 Å². The van der Waals surface area contributed by atoms with E-state index in [2.05, 4.69) is 39.0 Å². The van der Waals surface area contributed by atoms with Crippen molar-refractivity contribution >= 4 is 0 Å². The third-order valence-electron chi connectivity index (χ3n) is 2.55. The van der Waals surface area contributed by atoms with Gasteiger partial charge in [0, 0.05) is 0 Å². The van der Waals surface area contributed by atoms with Gasteiger partial charge in [-0.15, -0.1) is 0 Å². The number of rotatable bonds is 2. The molecule has 0 aromatic rings. The van der Waals surface area contributed by atoms with Gasteiger partial charge in [0.1, 0.15) is 0 Å². The van der Waals surface area contributed by atoms with Gasteiger partial charge in [0.25, 0.3) is 0 Å². The molecule has 0 unspecified atom stereocenters. The predicted molar refractivity (Wildman–Crippen MR) is 55.1 cm³/mol. The van der Waals surface area contributed by atoms with E-state index < -0.39 is 0 Å². The van der Waals surface area contributed by atoms with Crippen LogP contribution >= 0.6 is 0 Å². The van der Waals surface area contributed by atoms with Crippen molar-refractivity contribution in [3.05, 3.63) is 34.9 Å². The number of hydrogen-bond acceptors (Lipinski definition) is 0. The molecule has 0 bridgehead atoms. The van der Waals surface area contributed by atoms with Crippen LogP contribution in [0.2, 0.25) is 0 Å². The second-order valence-electron chi connectivity index (χ2n) is 3.53. The zero-order valence-electron chi connectivity index (χ0n) is 8.35. The van der Waals surface area contributed by atoms with E-state index >= 15 is 0 Å². The summed E-state index contributed by atoms with van der Waals surface area (Å²) < 4.78 is 0. The first-order chi connectivity index (χ1) is 5.74. The van der Waals surface area contributed by atoms with Crippen LogP contribution in [0.1, 0.15) is 40.0 Å². The molecule has 1 aliphatic carbocycles. The van der Waals surface area contributed by atoms with Crippen molar-refractivity contribution < 1.29 is 0 Å². The maximum absolute atomic E-state index is 2.28. The molecule has 0 N–H and O–H groups in total. The van der Waals surface area contributed by atoms with Gasteiger partial charge in [-0.05, 0) is 45.6 Å². The average Bonchev–Trinajstić information content (AvgIpc) is 2.47. The molecule has 0 fully saturated rings. The number of allylic oxidation sites excluding steroid dienone is 6. The van der Waals surface area contributed by atoms with Crippen LogP contribution < -0.4 is 0 Å². The first kappa shape index (κ1) is 9.31. The highest BCUT2D eigenvalue weighted by Gasteiger charge is 2.06. The highest BCUT2D eigenvalue weighted by atomic mass is 14.1. The molecule has 12 heavy (non-hydrogen) atoms.